The molecule has 5 rings (SSSR count). The molecule has 1 aliphatic rings. The van der Waals surface area contributed by atoms with Crippen molar-refractivity contribution in [3.63, 3.8) is 0 Å². The predicted molar refractivity (Wildman–Crippen MR) is 146 cm³/mol. The van der Waals surface area contributed by atoms with Gasteiger partial charge < -0.3 is 14.9 Å². The largest absolute Gasteiger partial charge is 0.493 e. The molecule has 5 nitrogen and oxygen atoms in total. The third-order valence-electron chi connectivity index (χ3n) is 6.69. The molecule has 2 heterocycles. The van der Waals surface area contributed by atoms with Crippen molar-refractivity contribution in [3.05, 3.63) is 71.4 Å². The van der Waals surface area contributed by atoms with Gasteiger partial charge >= 0.3 is 5.97 Å². The molecule has 0 saturated carbocycles. The van der Waals surface area contributed by atoms with Gasteiger partial charge in [0.2, 0.25) is 0 Å². The maximum absolute atomic E-state index is 11.6. The zero-order valence-electron chi connectivity index (χ0n) is 21.6. The number of pyridine rings is 1. The van der Waals surface area contributed by atoms with E-state index in [1.807, 2.05) is 57.3 Å². The average molecular weight is 486 g/mol. The third-order valence-corrected chi connectivity index (χ3v) is 6.69. The second-order valence-electron chi connectivity index (χ2n) is 10.2. The van der Waals surface area contributed by atoms with Gasteiger partial charge in [0.15, 0.2) is 0 Å². The monoisotopic (exact) mass is 485 g/mol. The number of fused-ring (bicyclic) bond motifs is 1. The van der Waals surface area contributed by atoms with Gasteiger partial charge in [-0.15, -0.1) is 0 Å². The molecule has 2 N–H and O–H groups in total. The van der Waals surface area contributed by atoms with Crippen LogP contribution in [0.1, 0.15) is 56.7 Å². The lowest BCUT2D eigenvalue weighted by Crippen LogP contribution is -2.17. The summed E-state index contributed by atoms with van der Waals surface area (Å²) in [6.07, 6.45) is 5.89. The molecular formula is C31H35NO4. The summed E-state index contributed by atoms with van der Waals surface area (Å²) in [5, 5.41) is 21.9. The van der Waals surface area contributed by atoms with Crippen molar-refractivity contribution in [2.75, 3.05) is 6.61 Å². The topological polar surface area (TPSA) is 79.7 Å². The summed E-state index contributed by atoms with van der Waals surface area (Å²) in [6, 6.07) is 16.2. The number of aryl methyl sites for hydroxylation is 1. The van der Waals surface area contributed by atoms with Crippen molar-refractivity contribution >= 4 is 27.6 Å². The Morgan fingerprint density at radius 3 is 2.61 bits per heavy atom. The Morgan fingerprint density at radius 1 is 1.14 bits per heavy atom. The van der Waals surface area contributed by atoms with E-state index in [-0.39, 0.29) is 6.42 Å². The number of hydrogen-bond acceptors (Lipinski definition) is 4. The fourth-order valence-corrected chi connectivity index (χ4v) is 4.93. The van der Waals surface area contributed by atoms with Gasteiger partial charge in [-0.1, -0.05) is 50.1 Å². The van der Waals surface area contributed by atoms with Crippen LogP contribution in [0, 0.1) is 6.92 Å². The van der Waals surface area contributed by atoms with E-state index in [2.05, 4.69) is 25.1 Å². The minimum absolute atomic E-state index is 0.0224. The van der Waals surface area contributed by atoms with Crippen LogP contribution in [0.4, 0.5) is 0 Å². The molecule has 3 aromatic carbocycles. The summed E-state index contributed by atoms with van der Waals surface area (Å²) in [5.74, 6) is 0.0171. The quantitative estimate of drug-likeness (QED) is 0.311. The van der Waals surface area contributed by atoms with Crippen LogP contribution in [0.25, 0.3) is 32.8 Å². The number of benzene rings is 3. The Balaban J connectivity index is 0.000000331. The molecule has 188 valence electrons. The molecule has 0 unspecified atom stereocenters. The van der Waals surface area contributed by atoms with Crippen molar-refractivity contribution in [1.82, 2.24) is 4.98 Å². The van der Waals surface area contributed by atoms with Crippen LogP contribution in [-0.4, -0.2) is 33.4 Å². The first-order valence-corrected chi connectivity index (χ1v) is 12.7. The zero-order valence-corrected chi connectivity index (χ0v) is 21.6. The lowest BCUT2D eigenvalue weighted by Gasteiger charge is -2.21. The van der Waals surface area contributed by atoms with E-state index in [1.165, 1.54) is 12.0 Å². The zero-order chi connectivity index (χ0) is 25.9. The molecule has 0 bridgehead atoms. The molecule has 0 aliphatic carbocycles. The molecule has 0 atom stereocenters. The number of aromatic nitrogens is 1. The second kappa shape index (κ2) is 10.7. The summed E-state index contributed by atoms with van der Waals surface area (Å²) < 4.78 is 5.86. The number of aliphatic carboxylic acids is 1. The molecule has 0 radical (unpaired) electrons. The van der Waals surface area contributed by atoms with Crippen LogP contribution in [0.15, 0.2) is 54.7 Å². The number of carboxylic acid groups (broad SMARTS) is 1. The van der Waals surface area contributed by atoms with Crippen molar-refractivity contribution in [2.45, 2.75) is 65.4 Å². The van der Waals surface area contributed by atoms with Crippen molar-refractivity contribution in [2.24, 2.45) is 0 Å². The van der Waals surface area contributed by atoms with Crippen LogP contribution < -0.4 is 4.74 Å². The fraction of sp³-hybridized carbons (Fsp3) is 0.355. The average Bonchev–Trinajstić information content (AvgIpc) is 2.84. The normalized spacial score (nSPS) is 12.7. The van der Waals surface area contributed by atoms with E-state index >= 15 is 0 Å². The second-order valence-corrected chi connectivity index (χ2v) is 10.2. The number of ether oxygens (including phenoxy) is 1. The summed E-state index contributed by atoms with van der Waals surface area (Å²) >= 11 is 0. The van der Waals surface area contributed by atoms with Gasteiger partial charge in [0.25, 0.3) is 0 Å². The minimum atomic E-state index is -0.835. The van der Waals surface area contributed by atoms with E-state index in [1.54, 1.807) is 0 Å². The van der Waals surface area contributed by atoms with E-state index < -0.39 is 11.6 Å². The van der Waals surface area contributed by atoms with Crippen LogP contribution >= 0.6 is 0 Å². The smallest absolute Gasteiger partial charge is 0.307 e. The first kappa shape index (κ1) is 25.6. The summed E-state index contributed by atoms with van der Waals surface area (Å²) in [5.41, 5.74) is 5.39. The highest BCUT2D eigenvalue weighted by Gasteiger charge is 2.21. The Bertz CT molecular complexity index is 1390. The summed E-state index contributed by atoms with van der Waals surface area (Å²) in [7, 11) is 0. The first-order valence-electron chi connectivity index (χ1n) is 12.7. The number of rotatable bonds is 6. The standard InChI is InChI=1S/C24H19NO3.C7H16O/c1-14-12-16-4-2-3-5-17(16)23(19(14)13-21(26)27)18-6-7-20-22-15(9-11-28-20)8-10-25-24(18)22;1-4-5-6-7(2,3)8/h2-8,10,12H,9,11,13H2,1H3,(H,26,27);8H,4-6H2,1-3H3. The Hall–Kier alpha value is -3.44. The van der Waals surface area contributed by atoms with Gasteiger partial charge in [0.05, 0.1) is 24.1 Å². The number of hydrogen-bond donors (Lipinski definition) is 2. The molecule has 0 saturated heterocycles. The van der Waals surface area contributed by atoms with Crippen molar-refractivity contribution in [1.29, 1.82) is 0 Å². The van der Waals surface area contributed by atoms with Crippen LogP contribution in [0.5, 0.6) is 5.75 Å². The Morgan fingerprint density at radius 2 is 1.92 bits per heavy atom. The van der Waals surface area contributed by atoms with Gasteiger partial charge in [0, 0.05) is 23.6 Å². The van der Waals surface area contributed by atoms with Gasteiger partial charge in [0.1, 0.15) is 5.75 Å². The molecule has 0 fully saturated rings. The Labute approximate surface area is 212 Å². The van der Waals surface area contributed by atoms with Crippen LogP contribution in [0.3, 0.4) is 0 Å². The summed E-state index contributed by atoms with van der Waals surface area (Å²) in [4.78, 5) is 16.3. The maximum Gasteiger partial charge on any atom is 0.307 e. The third kappa shape index (κ3) is 5.52. The molecule has 0 amide bonds. The van der Waals surface area contributed by atoms with Gasteiger partial charge in [-0.05, 0) is 78.4 Å². The molecule has 4 aromatic rings. The van der Waals surface area contributed by atoms with E-state index in [0.717, 1.165) is 68.9 Å². The molecule has 36 heavy (non-hydrogen) atoms. The maximum atomic E-state index is 11.6. The number of nitrogens with zero attached hydrogens (tertiary/aromatic N) is 1. The summed E-state index contributed by atoms with van der Waals surface area (Å²) in [6.45, 7) is 8.48. The van der Waals surface area contributed by atoms with Crippen LogP contribution in [-0.2, 0) is 17.6 Å². The highest BCUT2D eigenvalue weighted by molar-refractivity contribution is 6.08. The van der Waals surface area contributed by atoms with E-state index in [0.29, 0.717) is 6.61 Å². The number of aliphatic hydroxyl groups is 1. The van der Waals surface area contributed by atoms with E-state index in [4.69, 9.17) is 14.8 Å². The number of unbranched alkanes of at least 4 members (excludes halogenated alkanes) is 1. The Kier molecular flexibility index (Phi) is 7.60. The number of carboxylic acids is 1. The fourth-order valence-electron chi connectivity index (χ4n) is 4.93. The molecule has 1 aliphatic heterocycles. The lowest BCUT2D eigenvalue weighted by atomic mass is 9.87. The van der Waals surface area contributed by atoms with Gasteiger partial charge in [-0.2, -0.15) is 0 Å². The SMILES string of the molecule is CCCCC(C)(C)O.Cc1cc2ccccc2c(-c2ccc3c4c(ccnc24)CCO3)c1CC(=O)O. The predicted octanol–water partition coefficient (Wildman–Crippen LogP) is 6.87. The molecule has 1 aromatic heterocycles. The van der Waals surface area contributed by atoms with Crippen molar-refractivity contribution in [3.8, 4) is 16.9 Å². The van der Waals surface area contributed by atoms with Crippen LogP contribution in [0.2, 0.25) is 0 Å². The lowest BCUT2D eigenvalue weighted by molar-refractivity contribution is -0.136. The van der Waals surface area contributed by atoms with Gasteiger partial charge in [-0.25, -0.2) is 0 Å². The highest BCUT2D eigenvalue weighted by Crippen LogP contribution is 2.42. The minimum Gasteiger partial charge on any atom is -0.493 e. The van der Waals surface area contributed by atoms with Crippen molar-refractivity contribution < 1.29 is 19.7 Å². The molecular weight excluding hydrogens is 450 g/mol. The first-order chi connectivity index (χ1) is 17.2. The molecule has 5 heteroatoms. The highest BCUT2D eigenvalue weighted by atomic mass is 16.5. The molecule has 0 spiro atoms. The number of carbonyl (C=O) groups is 1. The van der Waals surface area contributed by atoms with Gasteiger partial charge in [-0.3, -0.25) is 9.78 Å². The van der Waals surface area contributed by atoms with E-state index in [9.17, 15) is 9.90 Å².